The topological polar surface area (TPSA) is 71.7 Å². The van der Waals surface area contributed by atoms with Crippen LogP contribution < -0.4 is 5.32 Å². The maximum absolute atomic E-state index is 11.2. The van der Waals surface area contributed by atoms with Gasteiger partial charge in [0, 0.05) is 24.0 Å². The summed E-state index contributed by atoms with van der Waals surface area (Å²) < 4.78 is 10.8. The zero-order valence-electron chi connectivity index (χ0n) is 11.7. The zero-order valence-corrected chi connectivity index (χ0v) is 11.7. The van der Waals surface area contributed by atoms with Crippen molar-refractivity contribution in [2.45, 2.75) is 26.5 Å². The predicted molar refractivity (Wildman–Crippen MR) is 76.0 cm³/mol. The quantitative estimate of drug-likeness (QED) is 0.761. The van der Waals surface area contributed by atoms with E-state index in [1.807, 2.05) is 32.0 Å². The number of aromatic carboxylic acids is 1. The van der Waals surface area contributed by atoms with Gasteiger partial charge in [0.05, 0.1) is 12.7 Å². The van der Waals surface area contributed by atoms with Crippen molar-refractivity contribution in [3.8, 4) is 0 Å². The van der Waals surface area contributed by atoms with Crippen LogP contribution in [-0.4, -0.2) is 30.3 Å². The average Bonchev–Trinajstić information content (AvgIpc) is 2.77. The normalized spacial score (nSPS) is 11.3. The molecular formula is C15H19NO4. The maximum atomic E-state index is 11.2. The van der Waals surface area contributed by atoms with Gasteiger partial charge in [-0.2, -0.15) is 0 Å². The Balaban J connectivity index is 2.08. The minimum Gasteiger partial charge on any atom is -0.475 e. The van der Waals surface area contributed by atoms with Gasteiger partial charge in [-0.15, -0.1) is 0 Å². The van der Waals surface area contributed by atoms with E-state index in [1.54, 1.807) is 6.07 Å². The Morgan fingerprint density at radius 3 is 2.85 bits per heavy atom. The summed E-state index contributed by atoms with van der Waals surface area (Å²) in [4.78, 5) is 11.2. The zero-order chi connectivity index (χ0) is 14.5. The fourth-order valence-corrected chi connectivity index (χ4v) is 2.03. The molecule has 0 aliphatic carbocycles. The summed E-state index contributed by atoms with van der Waals surface area (Å²) in [5, 5.41) is 13.2. The third-order valence-electron chi connectivity index (χ3n) is 2.92. The Hall–Kier alpha value is -1.85. The van der Waals surface area contributed by atoms with Crippen LogP contribution in [0.1, 0.15) is 30.0 Å². The molecule has 0 spiro atoms. The molecule has 0 saturated carbocycles. The van der Waals surface area contributed by atoms with Crippen LogP contribution in [-0.2, 0) is 11.3 Å². The van der Waals surface area contributed by atoms with Crippen molar-refractivity contribution in [3.63, 3.8) is 0 Å². The lowest BCUT2D eigenvalue weighted by Gasteiger charge is -2.08. The van der Waals surface area contributed by atoms with Gasteiger partial charge in [0.25, 0.3) is 0 Å². The molecule has 0 radical (unpaired) electrons. The molecular weight excluding hydrogens is 258 g/mol. The molecule has 0 aliphatic rings. The largest absolute Gasteiger partial charge is 0.475 e. The third kappa shape index (κ3) is 3.37. The first-order valence-corrected chi connectivity index (χ1v) is 6.65. The highest BCUT2D eigenvalue weighted by Crippen LogP contribution is 2.25. The van der Waals surface area contributed by atoms with E-state index in [-0.39, 0.29) is 11.9 Å². The highest BCUT2D eigenvalue weighted by atomic mass is 16.5. The molecule has 108 valence electrons. The lowest BCUT2D eigenvalue weighted by atomic mass is 10.1. The second-order valence-electron chi connectivity index (χ2n) is 4.81. The fourth-order valence-electron chi connectivity index (χ4n) is 2.03. The van der Waals surface area contributed by atoms with Gasteiger partial charge in [0.2, 0.25) is 5.76 Å². The molecule has 1 aromatic heterocycles. The van der Waals surface area contributed by atoms with Crippen molar-refractivity contribution >= 4 is 16.9 Å². The molecule has 1 aromatic carbocycles. The van der Waals surface area contributed by atoms with Gasteiger partial charge < -0.3 is 19.6 Å². The number of carbonyl (C=O) groups is 1. The average molecular weight is 277 g/mol. The van der Waals surface area contributed by atoms with Crippen molar-refractivity contribution in [1.82, 2.24) is 5.32 Å². The van der Waals surface area contributed by atoms with Crippen molar-refractivity contribution in [2.75, 3.05) is 13.2 Å². The molecule has 20 heavy (non-hydrogen) atoms. The van der Waals surface area contributed by atoms with Crippen molar-refractivity contribution in [2.24, 2.45) is 0 Å². The van der Waals surface area contributed by atoms with Crippen LogP contribution in [0.25, 0.3) is 11.0 Å². The molecule has 5 heteroatoms. The summed E-state index contributed by atoms with van der Waals surface area (Å²) in [6.45, 7) is 5.66. The van der Waals surface area contributed by atoms with E-state index >= 15 is 0 Å². The van der Waals surface area contributed by atoms with Crippen LogP contribution >= 0.6 is 0 Å². The molecule has 0 aliphatic heterocycles. The summed E-state index contributed by atoms with van der Waals surface area (Å²) in [5.74, 6) is -1.04. The minimum atomic E-state index is -1.04. The van der Waals surface area contributed by atoms with Crippen LogP contribution in [0.4, 0.5) is 0 Å². The van der Waals surface area contributed by atoms with Crippen molar-refractivity contribution in [1.29, 1.82) is 0 Å². The number of hydrogen-bond acceptors (Lipinski definition) is 4. The Bertz CT molecular complexity index is 589. The summed E-state index contributed by atoms with van der Waals surface area (Å²) >= 11 is 0. The summed E-state index contributed by atoms with van der Waals surface area (Å²) in [6.07, 6.45) is 0.195. The van der Waals surface area contributed by atoms with Crippen LogP contribution in [0.15, 0.2) is 28.7 Å². The van der Waals surface area contributed by atoms with Gasteiger partial charge in [-0.05, 0) is 19.9 Å². The summed E-state index contributed by atoms with van der Waals surface area (Å²) in [6, 6.07) is 7.33. The van der Waals surface area contributed by atoms with Crippen LogP contribution in [0.3, 0.4) is 0 Å². The van der Waals surface area contributed by atoms with Gasteiger partial charge in [-0.3, -0.25) is 0 Å². The second-order valence-corrected chi connectivity index (χ2v) is 4.81. The molecule has 0 fully saturated rings. The number of carboxylic acid groups (broad SMARTS) is 1. The van der Waals surface area contributed by atoms with Crippen LogP contribution in [0.5, 0.6) is 0 Å². The van der Waals surface area contributed by atoms with Crippen molar-refractivity contribution < 1.29 is 19.1 Å². The van der Waals surface area contributed by atoms with Crippen molar-refractivity contribution in [3.05, 3.63) is 35.6 Å². The standard InChI is InChI=1S/C15H19NO4/c1-10(2)19-8-7-16-9-12-11-5-3-4-6-13(11)20-14(12)15(17)18/h3-6,10,16H,7-9H2,1-2H3,(H,17,18). The number of fused-ring (bicyclic) bond motifs is 1. The molecule has 0 saturated heterocycles. The molecule has 5 nitrogen and oxygen atoms in total. The second kappa shape index (κ2) is 6.54. The fraction of sp³-hybridized carbons (Fsp3) is 0.400. The number of benzene rings is 1. The number of hydrogen-bond donors (Lipinski definition) is 2. The lowest BCUT2D eigenvalue weighted by molar-refractivity contribution is 0.0663. The van der Waals surface area contributed by atoms with E-state index in [1.165, 1.54) is 0 Å². The Morgan fingerprint density at radius 2 is 2.15 bits per heavy atom. The van der Waals surface area contributed by atoms with E-state index < -0.39 is 5.97 Å². The monoisotopic (exact) mass is 277 g/mol. The van der Waals surface area contributed by atoms with E-state index in [0.29, 0.717) is 30.8 Å². The van der Waals surface area contributed by atoms with Gasteiger partial charge in [-0.25, -0.2) is 4.79 Å². The molecule has 2 N–H and O–H groups in total. The lowest BCUT2D eigenvalue weighted by Crippen LogP contribution is -2.21. The number of ether oxygens (including phenoxy) is 1. The van der Waals surface area contributed by atoms with Gasteiger partial charge in [-0.1, -0.05) is 18.2 Å². The molecule has 1 heterocycles. The predicted octanol–water partition coefficient (Wildman–Crippen LogP) is 2.65. The smallest absolute Gasteiger partial charge is 0.372 e. The summed E-state index contributed by atoms with van der Waals surface area (Å²) in [7, 11) is 0. The first-order chi connectivity index (χ1) is 9.59. The maximum Gasteiger partial charge on any atom is 0.372 e. The van der Waals surface area contributed by atoms with E-state index in [9.17, 15) is 9.90 Å². The minimum absolute atomic E-state index is 0.00322. The number of carboxylic acids is 1. The van der Waals surface area contributed by atoms with E-state index in [0.717, 1.165) is 5.39 Å². The van der Waals surface area contributed by atoms with E-state index in [2.05, 4.69) is 5.32 Å². The van der Waals surface area contributed by atoms with Crippen LogP contribution in [0.2, 0.25) is 0 Å². The molecule has 0 amide bonds. The third-order valence-corrected chi connectivity index (χ3v) is 2.92. The Morgan fingerprint density at radius 1 is 1.40 bits per heavy atom. The summed E-state index contributed by atoms with van der Waals surface area (Å²) in [5.41, 5.74) is 1.28. The van der Waals surface area contributed by atoms with Gasteiger partial charge in [0.1, 0.15) is 5.58 Å². The Labute approximate surface area is 117 Å². The van der Waals surface area contributed by atoms with Gasteiger partial charge >= 0.3 is 5.97 Å². The highest BCUT2D eigenvalue weighted by molar-refractivity contribution is 5.95. The van der Waals surface area contributed by atoms with Crippen LogP contribution in [0, 0.1) is 0 Å². The Kier molecular flexibility index (Phi) is 4.76. The first-order valence-electron chi connectivity index (χ1n) is 6.65. The number of para-hydroxylation sites is 1. The first kappa shape index (κ1) is 14.6. The molecule has 2 rings (SSSR count). The molecule has 2 aromatic rings. The number of nitrogens with one attached hydrogen (secondary N) is 1. The molecule has 0 bridgehead atoms. The number of furan rings is 1. The van der Waals surface area contributed by atoms with Gasteiger partial charge in [0.15, 0.2) is 0 Å². The molecule has 0 atom stereocenters. The SMILES string of the molecule is CC(C)OCCNCc1c(C(=O)O)oc2ccccc12. The molecule has 0 unspecified atom stereocenters. The van der Waals surface area contributed by atoms with E-state index in [4.69, 9.17) is 9.15 Å². The number of rotatable bonds is 7. The highest BCUT2D eigenvalue weighted by Gasteiger charge is 2.18.